The molecule has 0 spiro atoms. The number of unbranched alkanes of at least 4 members (excludes halogenated alkanes) is 1. The fraction of sp³-hybridized carbons (Fsp3) is 0.318. The zero-order valence-electron chi connectivity index (χ0n) is 16.4. The second-order valence-corrected chi connectivity index (χ2v) is 6.96. The first-order valence-corrected chi connectivity index (χ1v) is 9.62. The molecular weight excluding hydrogens is 352 g/mol. The van der Waals surface area contributed by atoms with E-state index in [0.717, 1.165) is 30.6 Å². The van der Waals surface area contributed by atoms with E-state index < -0.39 is 0 Å². The molecule has 6 heteroatoms. The second kappa shape index (κ2) is 9.28. The highest BCUT2D eigenvalue weighted by molar-refractivity contribution is 5.92. The van der Waals surface area contributed by atoms with Crippen molar-refractivity contribution in [1.29, 1.82) is 0 Å². The Morgan fingerprint density at radius 2 is 1.89 bits per heavy atom. The van der Waals surface area contributed by atoms with Crippen LogP contribution in [-0.4, -0.2) is 33.9 Å². The molecule has 3 aromatic rings. The summed E-state index contributed by atoms with van der Waals surface area (Å²) >= 11 is 0. The van der Waals surface area contributed by atoms with Crippen LogP contribution in [0.25, 0.3) is 10.9 Å². The van der Waals surface area contributed by atoms with Crippen molar-refractivity contribution in [3.63, 3.8) is 0 Å². The number of para-hydroxylation sites is 2. The third-order valence-electron chi connectivity index (χ3n) is 4.65. The molecule has 3 rings (SSSR count). The van der Waals surface area contributed by atoms with E-state index in [1.165, 1.54) is 0 Å². The van der Waals surface area contributed by atoms with E-state index >= 15 is 0 Å². The van der Waals surface area contributed by atoms with E-state index in [2.05, 4.69) is 22.2 Å². The lowest BCUT2D eigenvalue weighted by Gasteiger charge is -2.21. The summed E-state index contributed by atoms with van der Waals surface area (Å²) < 4.78 is 0. The second-order valence-electron chi connectivity index (χ2n) is 6.96. The Balaban J connectivity index is 1.74. The molecule has 0 saturated heterocycles. The fourth-order valence-corrected chi connectivity index (χ4v) is 3.12. The Bertz CT molecular complexity index is 1010. The molecular formula is C22H26N4O2. The van der Waals surface area contributed by atoms with Crippen LogP contribution < -0.4 is 10.9 Å². The predicted octanol–water partition coefficient (Wildman–Crippen LogP) is 3.47. The monoisotopic (exact) mass is 378 g/mol. The number of amides is 1. The maximum absolute atomic E-state index is 12.6. The topological polar surface area (TPSA) is 78.1 Å². The molecule has 0 bridgehead atoms. The predicted molar refractivity (Wildman–Crippen MR) is 112 cm³/mol. The highest BCUT2D eigenvalue weighted by Gasteiger charge is 2.14. The standard InChI is InChI=1S/C22H26N4O2/c1-3-4-13-26(15-21(27)24-18-11-7-5-9-16(18)2)14-20-23-19-12-8-6-10-17(19)22(28)25-20/h5-12H,3-4,13-15H2,1-2H3,(H,24,27)(H,23,25,28). The number of rotatable bonds is 8. The summed E-state index contributed by atoms with van der Waals surface area (Å²) in [5.74, 6) is 0.497. The summed E-state index contributed by atoms with van der Waals surface area (Å²) in [5.41, 5.74) is 2.36. The summed E-state index contributed by atoms with van der Waals surface area (Å²) in [6, 6.07) is 15.0. The zero-order valence-corrected chi connectivity index (χ0v) is 16.4. The number of carbonyl (C=O) groups excluding carboxylic acids is 1. The number of benzene rings is 2. The number of anilines is 1. The van der Waals surface area contributed by atoms with Gasteiger partial charge in [0, 0.05) is 5.69 Å². The number of nitrogens with zero attached hydrogens (tertiary/aromatic N) is 2. The number of aromatic amines is 1. The molecule has 1 amide bonds. The van der Waals surface area contributed by atoms with Crippen molar-refractivity contribution >= 4 is 22.5 Å². The summed E-state index contributed by atoms with van der Waals surface area (Å²) in [4.78, 5) is 34.3. The maximum atomic E-state index is 12.6. The minimum absolute atomic E-state index is 0.0754. The van der Waals surface area contributed by atoms with E-state index in [-0.39, 0.29) is 18.0 Å². The highest BCUT2D eigenvalue weighted by atomic mass is 16.2. The lowest BCUT2D eigenvalue weighted by atomic mass is 10.2. The van der Waals surface area contributed by atoms with Gasteiger partial charge in [-0.15, -0.1) is 0 Å². The lowest BCUT2D eigenvalue weighted by molar-refractivity contribution is -0.117. The lowest BCUT2D eigenvalue weighted by Crippen LogP contribution is -2.34. The molecule has 1 heterocycles. The average Bonchev–Trinajstić information content (AvgIpc) is 2.68. The minimum atomic E-state index is -0.152. The summed E-state index contributed by atoms with van der Waals surface area (Å²) in [5, 5.41) is 3.54. The number of aryl methyl sites for hydroxylation is 1. The van der Waals surface area contributed by atoms with Gasteiger partial charge >= 0.3 is 0 Å². The van der Waals surface area contributed by atoms with Crippen molar-refractivity contribution in [2.75, 3.05) is 18.4 Å². The van der Waals surface area contributed by atoms with Gasteiger partial charge in [0.05, 0.1) is 24.0 Å². The first kappa shape index (κ1) is 19.8. The van der Waals surface area contributed by atoms with Crippen molar-refractivity contribution < 1.29 is 4.79 Å². The van der Waals surface area contributed by atoms with Crippen LogP contribution in [0.3, 0.4) is 0 Å². The van der Waals surface area contributed by atoms with Gasteiger partial charge in [0.1, 0.15) is 5.82 Å². The van der Waals surface area contributed by atoms with Gasteiger partial charge in [0.25, 0.3) is 5.56 Å². The molecule has 0 aliphatic heterocycles. The molecule has 0 unspecified atom stereocenters. The third-order valence-corrected chi connectivity index (χ3v) is 4.65. The van der Waals surface area contributed by atoms with Gasteiger partial charge in [-0.25, -0.2) is 4.98 Å². The Hall–Kier alpha value is -2.99. The van der Waals surface area contributed by atoms with Gasteiger partial charge in [-0.2, -0.15) is 0 Å². The first-order valence-electron chi connectivity index (χ1n) is 9.62. The van der Waals surface area contributed by atoms with Crippen molar-refractivity contribution in [3.05, 3.63) is 70.3 Å². The van der Waals surface area contributed by atoms with E-state index in [0.29, 0.717) is 23.3 Å². The van der Waals surface area contributed by atoms with Gasteiger partial charge in [-0.3, -0.25) is 14.5 Å². The van der Waals surface area contributed by atoms with Crippen molar-refractivity contribution in [2.24, 2.45) is 0 Å². The molecule has 0 atom stereocenters. The number of carbonyl (C=O) groups is 1. The van der Waals surface area contributed by atoms with Gasteiger partial charge < -0.3 is 10.3 Å². The van der Waals surface area contributed by atoms with Crippen LogP contribution in [0.4, 0.5) is 5.69 Å². The number of fused-ring (bicyclic) bond motifs is 1. The Kier molecular flexibility index (Phi) is 6.55. The molecule has 1 aromatic heterocycles. The molecule has 0 aliphatic rings. The van der Waals surface area contributed by atoms with Gasteiger partial charge in [-0.05, 0) is 43.7 Å². The van der Waals surface area contributed by atoms with Crippen LogP contribution in [0.2, 0.25) is 0 Å². The minimum Gasteiger partial charge on any atom is -0.325 e. The molecule has 0 radical (unpaired) electrons. The average molecular weight is 378 g/mol. The third kappa shape index (κ3) is 5.04. The smallest absolute Gasteiger partial charge is 0.258 e. The number of hydrogen-bond acceptors (Lipinski definition) is 4. The number of H-pyrrole nitrogens is 1. The van der Waals surface area contributed by atoms with Crippen LogP contribution >= 0.6 is 0 Å². The summed E-state index contributed by atoms with van der Waals surface area (Å²) in [6.07, 6.45) is 1.99. The van der Waals surface area contributed by atoms with Crippen LogP contribution in [0.15, 0.2) is 53.3 Å². The van der Waals surface area contributed by atoms with Gasteiger partial charge in [0.15, 0.2) is 0 Å². The van der Waals surface area contributed by atoms with Crippen molar-refractivity contribution in [3.8, 4) is 0 Å². The van der Waals surface area contributed by atoms with Crippen molar-refractivity contribution in [1.82, 2.24) is 14.9 Å². The van der Waals surface area contributed by atoms with E-state index in [4.69, 9.17) is 0 Å². The molecule has 146 valence electrons. The quantitative estimate of drug-likeness (QED) is 0.629. The summed E-state index contributed by atoms with van der Waals surface area (Å²) in [7, 11) is 0. The molecule has 2 aromatic carbocycles. The van der Waals surface area contributed by atoms with Crippen LogP contribution in [0.1, 0.15) is 31.2 Å². The first-order chi connectivity index (χ1) is 13.6. The van der Waals surface area contributed by atoms with Crippen LogP contribution in [-0.2, 0) is 11.3 Å². The maximum Gasteiger partial charge on any atom is 0.258 e. The SMILES string of the molecule is CCCCN(CC(=O)Nc1ccccc1C)Cc1nc2ccccc2c(=O)[nH]1. The Morgan fingerprint density at radius 3 is 2.68 bits per heavy atom. The van der Waals surface area contributed by atoms with Crippen molar-refractivity contribution in [2.45, 2.75) is 33.2 Å². The molecule has 0 aliphatic carbocycles. The fourth-order valence-electron chi connectivity index (χ4n) is 3.12. The molecule has 6 nitrogen and oxygen atoms in total. The summed E-state index contributed by atoms with van der Waals surface area (Å²) in [6.45, 7) is 5.50. The largest absolute Gasteiger partial charge is 0.325 e. The van der Waals surface area contributed by atoms with E-state index in [1.807, 2.05) is 54.3 Å². The van der Waals surface area contributed by atoms with Crippen LogP contribution in [0.5, 0.6) is 0 Å². The molecule has 0 fully saturated rings. The highest BCUT2D eigenvalue weighted by Crippen LogP contribution is 2.13. The van der Waals surface area contributed by atoms with E-state index in [1.54, 1.807) is 6.07 Å². The molecule has 28 heavy (non-hydrogen) atoms. The van der Waals surface area contributed by atoms with Gasteiger partial charge in [-0.1, -0.05) is 43.7 Å². The number of nitrogens with one attached hydrogen (secondary N) is 2. The molecule has 2 N–H and O–H groups in total. The van der Waals surface area contributed by atoms with Gasteiger partial charge in [0.2, 0.25) is 5.91 Å². The number of hydrogen-bond donors (Lipinski definition) is 2. The normalized spacial score (nSPS) is 11.1. The Morgan fingerprint density at radius 1 is 1.14 bits per heavy atom. The van der Waals surface area contributed by atoms with Crippen LogP contribution in [0, 0.1) is 6.92 Å². The zero-order chi connectivity index (χ0) is 19.9. The Labute approximate surface area is 164 Å². The molecule has 0 saturated carbocycles. The number of aromatic nitrogens is 2. The van der Waals surface area contributed by atoms with E-state index in [9.17, 15) is 9.59 Å².